The van der Waals surface area contributed by atoms with Crippen LogP contribution in [0.4, 0.5) is 0 Å². The van der Waals surface area contributed by atoms with E-state index < -0.39 is 11.8 Å². The molecular weight excluding hydrogens is 783 g/mol. The van der Waals surface area contributed by atoms with Crippen molar-refractivity contribution in [3.63, 3.8) is 0 Å². The predicted molar refractivity (Wildman–Crippen MR) is 265 cm³/mol. The molecule has 0 aliphatic rings. The molecule has 0 saturated carbocycles. The molecule has 0 atom stereocenters. The van der Waals surface area contributed by atoms with Gasteiger partial charge in [0, 0.05) is 38.0 Å². The Balaban J connectivity index is 1.18. The standard InChI is InChI=1S/C58H61N5O/c1-55(2,3)36-38-18-22-50-52(28-38)61(44-31-42(57(7,8)9)30-43(32-44)58(10,11)12)37-62(50)53-35-46(25-27-59-53)64-45-20-21-47-48-29-40(39-16-14-13-15-17-39)19-23-49(48)63(51(47)34-45)54-33-41(24-26-60-54)56(4,5)6/h13-35H,36H2,1-12H3/i36D2. The maximum Gasteiger partial charge on any atom is 0.271 e. The van der Waals surface area contributed by atoms with Crippen LogP contribution in [-0.2, 0) is 22.6 Å². The number of rotatable bonds is 7. The molecule has 0 N–H and O–H groups in total. The summed E-state index contributed by atoms with van der Waals surface area (Å²) in [6.45, 7) is 25.9. The van der Waals surface area contributed by atoms with Gasteiger partial charge < -0.3 is 4.74 Å². The third kappa shape index (κ3) is 8.46. The van der Waals surface area contributed by atoms with Crippen LogP contribution >= 0.6 is 0 Å². The van der Waals surface area contributed by atoms with E-state index in [0.717, 1.165) is 49.9 Å². The van der Waals surface area contributed by atoms with Crippen molar-refractivity contribution in [3.8, 4) is 39.9 Å². The first-order valence-electron chi connectivity index (χ1n) is 23.4. The number of benzene rings is 5. The van der Waals surface area contributed by atoms with Gasteiger partial charge in [-0.2, -0.15) is 0 Å². The fourth-order valence-electron chi connectivity index (χ4n) is 8.44. The zero-order valence-corrected chi connectivity index (χ0v) is 39.4. The van der Waals surface area contributed by atoms with Gasteiger partial charge in [-0.3, -0.25) is 18.7 Å². The number of aromatic nitrogens is 5. The third-order valence-electron chi connectivity index (χ3n) is 12.0. The van der Waals surface area contributed by atoms with E-state index in [9.17, 15) is 2.74 Å². The van der Waals surface area contributed by atoms with Crippen molar-refractivity contribution in [3.05, 3.63) is 168 Å². The van der Waals surface area contributed by atoms with Crippen molar-refractivity contribution in [2.45, 2.75) is 106 Å². The first-order chi connectivity index (χ1) is 31.0. The van der Waals surface area contributed by atoms with E-state index in [4.69, 9.17) is 14.7 Å². The molecule has 4 aromatic heterocycles. The van der Waals surface area contributed by atoms with Gasteiger partial charge in [0.25, 0.3) is 6.33 Å². The highest BCUT2D eigenvalue weighted by atomic mass is 16.5. The van der Waals surface area contributed by atoms with E-state index in [1.807, 2.05) is 74.0 Å². The maximum atomic E-state index is 9.24. The predicted octanol–water partition coefficient (Wildman–Crippen LogP) is 14.5. The smallest absolute Gasteiger partial charge is 0.271 e. The van der Waals surface area contributed by atoms with Crippen LogP contribution in [0.25, 0.3) is 61.3 Å². The number of ether oxygens (including phenoxy) is 1. The molecule has 0 aliphatic heterocycles. The molecule has 6 heteroatoms. The van der Waals surface area contributed by atoms with E-state index in [2.05, 4.69) is 163 Å². The molecule has 4 heterocycles. The summed E-state index contributed by atoms with van der Waals surface area (Å²) in [5, 5.41) is 2.24. The Morgan fingerprint density at radius 3 is 1.89 bits per heavy atom. The number of nitrogens with zero attached hydrogens (tertiary/aromatic N) is 5. The zero-order valence-electron chi connectivity index (χ0n) is 41.4. The topological polar surface area (TPSA) is 48.8 Å². The molecule has 5 aromatic carbocycles. The van der Waals surface area contributed by atoms with Gasteiger partial charge in [0.2, 0.25) is 0 Å². The Morgan fingerprint density at radius 1 is 0.547 bits per heavy atom. The summed E-state index contributed by atoms with van der Waals surface area (Å²) in [6, 6.07) is 44.2. The fraction of sp³-hybridized carbons (Fsp3) is 0.293. The SMILES string of the molecule is [2H]C([2H])(c1ccc2c(c1)[n+](-c1cc(C(C)(C)C)cc(C(C)(C)C)c1)[c-]n2-c1cc(Oc2ccc3c4cc(-c5ccccc5)ccc4n(-c4cc(C(C)(C)C)ccn4)c3c2)ccn1)C(C)(C)C. The molecule has 6 nitrogen and oxygen atoms in total. The average Bonchev–Trinajstić information content (AvgIpc) is 3.81. The van der Waals surface area contributed by atoms with E-state index in [0.29, 0.717) is 22.9 Å². The third-order valence-corrected chi connectivity index (χ3v) is 12.0. The molecular formula is C58H61N5O. The Bertz CT molecular complexity index is 3260. The minimum Gasteiger partial charge on any atom is -0.458 e. The summed E-state index contributed by atoms with van der Waals surface area (Å²) in [4.78, 5) is 9.81. The van der Waals surface area contributed by atoms with Crippen molar-refractivity contribution in [1.82, 2.24) is 19.1 Å². The van der Waals surface area contributed by atoms with E-state index >= 15 is 0 Å². The monoisotopic (exact) mass is 846 g/mol. The quantitative estimate of drug-likeness (QED) is 0.119. The lowest BCUT2D eigenvalue weighted by molar-refractivity contribution is -0.572. The molecule has 0 fully saturated rings. The van der Waals surface area contributed by atoms with E-state index in [-0.39, 0.29) is 16.2 Å². The molecule has 9 aromatic rings. The number of imidazole rings is 1. The first-order valence-corrected chi connectivity index (χ1v) is 22.4. The number of pyridine rings is 2. The second-order valence-corrected chi connectivity index (χ2v) is 21.3. The first kappa shape index (κ1) is 40.3. The Kier molecular flexibility index (Phi) is 9.83. The van der Waals surface area contributed by atoms with Gasteiger partial charge in [-0.05, 0) is 117 Å². The van der Waals surface area contributed by atoms with Gasteiger partial charge in [-0.25, -0.2) is 4.98 Å². The van der Waals surface area contributed by atoms with Gasteiger partial charge in [-0.1, -0.05) is 143 Å². The lowest BCUT2D eigenvalue weighted by atomic mass is 9.80. The molecule has 324 valence electrons. The lowest BCUT2D eigenvalue weighted by Crippen LogP contribution is -2.31. The van der Waals surface area contributed by atoms with Crippen LogP contribution in [0.1, 0.15) is 108 Å². The van der Waals surface area contributed by atoms with Gasteiger partial charge in [0.1, 0.15) is 17.3 Å². The van der Waals surface area contributed by atoms with Crippen LogP contribution in [0.3, 0.4) is 0 Å². The number of hydrogen-bond donors (Lipinski definition) is 0. The van der Waals surface area contributed by atoms with Gasteiger partial charge >= 0.3 is 0 Å². The van der Waals surface area contributed by atoms with Gasteiger partial charge in [-0.15, -0.1) is 0 Å². The van der Waals surface area contributed by atoms with Crippen LogP contribution in [0, 0.1) is 11.7 Å². The molecule has 0 amide bonds. The minimum atomic E-state index is -1.60. The van der Waals surface area contributed by atoms with Crippen molar-refractivity contribution in [1.29, 1.82) is 0 Å². The lowest BCUT2D eigenvalue weighted by Gasteiger charge is -2.26. The highest BCUT2D eigenvalue weighted by Crippen LogP contribution is 2.39. The summed E-state index contributed by atoms with van der Waals surface area (Å²) in [6.07, 6.45) is 5.74. The normalized spacial score (nSPS) is 13.4. The van der Waals surface area contributed by atoms with Crippen LogP contribution in [-0.4, -0.2) is 19.1 Å². The maximum absolute atomic E-state index is 9.24. The Hall–Kier alpha value is -6.53. The summed E-state index contributed by atoms with van der Waals surface area (Å²) in [5.41, 5.74) is 10.4. The Labute approximate surface area is 382 Å². The Morgan fingerprint density at radius 2 is 1.20 bits per heavy atom. The fourth-order valence-corrected chi connectivity index (χ4v) is 8.44. The molecule has 64 heavy (non-hydrogen) atoms. The number of hydrogen-bond acceptors (Lipinski definition) is 3. The van der Waals surface area contributed by atoms with Crippen molar-refractivity contribution in [2.75, 3.05) is 0 Å². The molecule has 0 spiro atoms. The molecule has 0 unspecified atom stereocenters. The van der Waals surface area contributed by atoms with Crippen molar-refractivity contribution < 1.29 is 12.0 Å². The summed E-state index contributed by atoms with van der Waals surface area (Å²) in [5.74, 6) is 2.77. The summed E-state index contributed by atoms with van der Waals surface area (Å²) in [7, 11) is 0. The minimum absolute atomic E-state index is 0.0552. The second-order valence-electron chi connectivity index (χ2n) is 21.3. The average molecular weight is 846 g/mol. The zero-order chi connectivity index (χ0) is 47.1. The van der Waals surface area contributed by atoms with Crippen LogP contribution in [0.2, 0.25) is 0 Å². The highest BCUT2D eigenvalue weighted by Gasteiger charge is 2.24. The van der Waals surface area contributed by atoms with Gasteiger partial charge in [0.15, 0.2) is 5.82 Å². The summed E-state index contributed by atoms with van der Waals surface area (Å²) < 4.78 is 31.5. The van der Waals surface area contributed by atoms with Crippen LogP contribution in [0.5, 0.6) is 11.5 Å². The molecule has 9 rings (SSSR count). The van der Waals surface area contributed by atoms with Crippen molar-refractivity contribution in [2.24, 2.45) is 5.41 Å². The molecule has 0 saturated heterocycles. The summed E-state index contributed by atoms with van der Waals surface area (Å²) >= 11 is 0. The largest absolute Gasteiger partial charge is 0.458 e. The second kappa shape index (κ2) is 15.6. The molecule has 0 aliphatic carbocycles. The van der Waals surface area contributed by atoms with Gasteiger partial charge in [0.05, 0.1) is 27.8 Å². The molecule has 0 radical (unpaired) electrons. The highest BCUT2D eigenvalue weighted by molar-refractivity contribution is 6.10. The van der Waals surface area contributed by atoms with Crippen molar-refractivity contribution >= 4 is 32.8 Å². The van der Waals surface area contributed by atoms with Crippen LogP contribution in [0.15, 0.2) is 140 Å². The molecule has 0 bridgehead atoms. The van der Waals surface area contributed by atoms with E-state index in [1.54, 1.807) is 6.20 Å². The number of fused-ring (bicyclic) bond motifs is 4. The van der Waals surface area contributed by atoms with E-state index in [1.165, 1.54) is 22.3 Å². The van der Waals surface area contributed by atoms with Crippen LogP contribution < -0.4 is 9.30 Å².